The van der Waals surface area contributed by atoms with Gasteiger partial charge in [-0.15, -0.1) is 0 Å². The number of amides is 1. The number of benzene rings is 3. The molecule has 1 amide bonds. The number of carbonyl (C=O) groups excluding carboxylic acids is 1. The molecule has 24 heavy (non-hydrogen) atoms. The molecule has 0 saturated carbocycles. The molecular formula is C22H19NO. The molecule has 0 aliphatic rings. The summed E-state index contributed by atoms with van der Waals surface area (Å²) in [5.41, 5.74) is 3.12. The summed E-state index contributed by atoms with van der Waals surface area (Å²) in [7, 11) is 0. The van der Waals surface area contributed by atoms with Crippen LogP contribution in [0.5, 0.6) is 0 Å². The van der Waals surface area contributed by atoms with Crippen molar-refractivity contribution in [3.05, 3.63) is 114 Å². The summed E-state index contributed by atoms with van der Waals surface area (Å²) < 4.78 is 0. The zero-order chi connectivity index (χ0) is 16.6. The SMILES string of the molecule is O=C(/C=C/c1ccccc1)NC(c1ccccc1)c1ccccc1. The maximum Gasteiger partial charge on any atom is 0.244 e. The van der Waals surface area contributed by atoms with Gasteiger partial charge in [-0.05, 0) is 22.8 Å². The molecule has 0 radical (unpaired) electrons. The fourth-order valence-corrected chi connectivity index (χ4v) is 2.58. The van der Waals surface area contributed by atoms with Crippen molar-refractivity contribution in [1.29, 1.82) is 0 Å². The first-order chi connectivity index (χ1) is 11.8. The zero-order valence-electron chi connectivity index (χ0n) is 13.3. The van der Waals surface area contributed by atoms with Crippen molar-refractivity contribution in [3.63, 3.8) is 0 Å². The smallest absolute Gasteiger partial charge is 0.244 e. The van der Waals surface area contributed by atoms with E-state index in [2.05, 4.69) is 5.32 Å². The Balaban J connectivity index is 1.80. The summed E-state index contributed by atoms with van der Waals surface area (Å²) in [6, 6.07) is 29.6. The molecule has 0 aliphatic carbocycles. The van der Waals surface area contributed by atoms with E-state index in [4.69, 9.17) is 0 Å². The van der Waals surface area contributed by atoms with Crippen molar-refractivity contribution in [1.82, 2.24) is 5.32 Å². The topological polar surface area (TPSA) is 29.1 Å². The largest absolute Gasteiger partial charge is 0.342 e. The van der Waals surface area contributed by atoms with Crippen molar-refractivity contribution >= 4 is 12.0 Å². The quantitative estimate of drug-likeness (QED) is 0.685. The minimum absolute atomic E-state index is 0.114. The van der Waals surface area contributed by atoms with E-state index in [1.165, 1.54) is 0 Å². The van der Waals surface area contributed by atoms with Gasteiger partial charge >= 0.3 is 0 Å². The number of rotatable bonds is 5. The highest BCUT2D eigenvalue weighted by atomic mass is 16.1. The second-order valence-electron chi connectivity index (χ2n) is 5.51. The molecule has 3 rings (SSSR count). The molecule has 0 unspecified atom stereocenters. The van der Waals surface area contributed by atoms with Crippen LogP contribution in [0.2, 0.25) is 0 Å². The molecular weight excluding hydrogens is 294 g/mol. The van der Waals surface area contributed by atoms with E-state index in [0.29, 0.717) is 0 Å². The fourth-order valence-electron chi connectivity index (χ4n) is 2.58. The van der Waals surface area contributed by atoms with Crippen LogP contribution in [0.3, 0.4) is 0 Å². The summed E-state index contributed by atoms with van der Waals surface area (Å²) >= 11 is 0. The number of hydrogen-bond donors (Lipinski definition) is 1. The monoisotopic (exact) mass is 313 g/mol. The van der Waals surface area contributed by atoms with Crippen molar-refractivity contribution in [2.75, 3.05) is 0 Å². The van der Waals surface area contributed by atoms with Crippen LogP contribution in [-0.4, -0.2) is 5.91 Å². The van der Waals surface area contributed by atoms with Gasteiger partial charge in [0.2, 0.25) is 5.91 Å². The predicted octanol–water partition coefficient (Wildman–Crippen LogP) is 4.61. The molecule has 0 aromatic heterocycles. The van der Waals surface area contributed by atoms with Crippen LogP contribution in [0.25, 0.3) is 6.08 Å². The third kappa shape index (κ3) is 4.20. The average Bonchev–Trinajstić information content (AvgIpc) is 2.67. The Morgan fingerprint density at radius 2 is 1.17 bits per heavy atom. The van der Waals surface area contributed by atoms with Gasteiger partial charge in [0.25, 0.3) is 0 Å². The predicted molar refractivity (Wildman–Crippen MR) is 98.3 cm³/mol. The standard InChI is InChI=1S/C22H19NO/c24-21(17-16-18-10-4-1-5-11-18)23-22(19-12-6-2-7-13-19)20-14-8-3-9-15-20/h1-17,22H,(H,23,24)/b17-16+. The van der Waals surface area contributed by atoms with Gasteiger partial charge in [-0.1, -0.05) is 91.0 Å². The normalized spacial score (nSPS) is 10.9. The van der Waals surface area contributed by atoms with Crippen LogP contribution in [0, 0.1) is 0 Å². The van der Waals surface area contributed by atoms with Gasteiger partial charge in [-0.25, -0.2) is 0 Å². The molecule has 2 heteroatoms. The van der Waals surface area contributed by atoms with E-state index >= 15 is 0 Å². The number of carbonyl (C=O) groups is 1. The van der Waals surface area contributed by atoms with E-state index in [-0.39, 0.29) is 11.9 Å². The summed E-state index contributed by atoms with van der Waals surface area (Å²) in [4.78, 5) is 12.4. The third-order valence-corrected chi connectivity index (χ3v) is 3.78. The van der Waals surface area contributed by atoms with Crippen LogP contribution in [0.4, 0.5) is 0 Å². The van der Waals surface area contributed by atoms with Crippen LogP contribution < -0.4 is 5.32 Å². The lowest BCUT2D eigenvalue weighted by Crippen LogP contribution is -2.27. The van der Waals surface area contributed by atoms with Gasteiger partial charge in [0.05, 0.1) is 6.04 Å². The molecule has 0 heterocycles. The third-order valence-electron chi connectivity index (χ3n) is 3.78. The second-order valence-corrected chi connectivity index (χ2v) is 5.51. The summed E-state index contributed by atoms with van der Waals surface area (Å²) in [5.74, 6) is -0.114. The Labute approximate surface area is 142 Å². The minimum atomic E-state index is -0.166. The average molecular weight is 313 g/mol. The zero-order valence-corrected chi connectivity index (χ0v) is 13.3. The highest BCUT2D eigenvalue weighted by molar-refractivity contribution is 5.92. The lowest BCUT2D eigenvalue weighted by Gasteiger charge is -2.19. The van der Waals surface area contributed by atoms with Gasteiger partial charge in [0.1, 0.15) is 0 Å². The highest BCUT2D eigenvalue weighted by Gasteiger charge is 2.14. The van der Waals surface area contributed by atoms with Gasteiger partial charge < -0.3 is 5.32 Å². The Bertz CT molecular complexity index is 756. The molecule has 3 aromatic carbocycles. The van der Waals surface area contributed by atoms with Crippen molar-refractivity contribution < 1.29 is 4.79 Å². The van der Waals surface area contributed by atoms with E-state index in [0.717, 1.165) is 16.7 Å². The van der Waals surface area contributed by atoms with Crippen LogP contribution >= 0.6 is 0 Å². The summed E-state index contributed by atoms with van der Waals surface area (Å²) in [6.45, 7) is 0. The van der Waals surface area contributed by atoms with Crippen LogP contribution in [0.1, 0.15) is 22.7 Å². The van der Waals surface area contributed by atoms with Gasteiger partial charge in [-0.2, -0.15) is 0 Å². The molecule has 0 bridgehead atoms. The summed E-state index contributed by atoms with van der Waals surface area (Å²) in [5, 5.41) is 3.09. The van der Waals surface area contributed by atoms with Gasteiger partial charge in [0, 0.05) is 6.08 Å². The molecule has 118 valence electrons. The van der Waals surface area contributed by atoms with Crippen LogP contribution in [-0.2, 0) is 4.79 Å². The van der Waals surface area contributed by atoms with E-state index < -0.39 is 0 Å². The molecule has 0 fully saturated rings. The van der Waals surface area contributed by atoms with E-state index in [1.807, 2.05) is 97.1 Å². The van der Waals surface area contributed by atoms with Crippen molar-refractivity contribution in [2.24, 2.45) is 0 Å². The van der Waals surface area contributed by atoms with E-state index in [1.54, 1.807) is 6.08 Å². The Kier molecular flexibility index (Phi) is 5.21. The first-order valence-electron chi connectivity index (χ1n) is 7.96. The Morgan fingerprint density at radius 1 is 0.708 bits per heavy atom. The molecule has 1 N–H and O–H groups in total. The van der Waals surface area contributed by atoms with E-state index in [9.17, 15) is 4.79 Å². The Hall–Kier alpha value is -3.13. The first-order valence-corrected chi connectivity index (χ1v) is 7.96. The van der Waals surface area contributed by atoms with Gasteiger partial charge in [-0.3, -0.25) is 4.79 Å². The summed E-state index contributed by atoms with van der Waals surface area (Å²) in [6.07, 6.45) is 3.40. The lowest BCUT2D eigenvalue weighted by atomic mass is 9.98. The maximum absolute atomic E-state index is 12.4. The molecule has 0 saturated heterocycles. The molecule has 3 aromatic rings. The lowest BCUT2D eigenvalue weighted by molar-refractivity contribution is -0.116. The molecule has 0 aliphatic heterocycles. The van der Waals surface area contributed by atoms with Crippen molar-refractivity contribution in [3.8, 4) is 0 Å². The molecule has 2 nitrogen and oxygen atoms in total. The number of nitrogens with one attached hydrogen (secondary N) is 1. The molecule has 0 spiro atoms. The first kappa shape index (κ1) is 15.8. The fraction of sp³-hybridized carbons (Fsp3) is 0.0455. The van der Waals surface area contributed by atoms with Gasteiger partial charge in [0.15, 0.2) is 0 Å². The molecule has 0 atom stereocenters. The Morgan fingerprint density at radius 3 is 1.67 bits per heavy atom. The highest BCUT2D eigenvalue weighted by Crippen LogP contribution is 2.21. The number of hydrogen-bond acceptors (Lipinski definition) is 1. The van der Waals surface area contributed by atoms with Crippen LogP contribution in [0.15, 0.2) is 97.1 Å². The second kappa shape index (κ2) is 7.93. The van der Waals surface area contributed by atoms with Crippen molar-refractivity contribution in [2.45, 2.75) is 6.04 Å². The minimum Gasteiger partial charge on any atom is -0.342 e. The maximum atomic E-state index is 12.4.